The Bertz CT molecular complexity index is 416. The van der Waals surface area contributed by atoms with Crippen LogP contribution >= 0.6 is 11.6 Å². The van der Waals surface area contributed by atoms with Crippen molar-refractivity contribution in [3.05, 3.63) is 28.8 Å². The molecular formula is C16H25ClO3. The summed E-state index contributed by atoms with van der Waals surface area (Å²) in [6.45, 7) is 6.62. The first-order valence-electron chi connectivity index (χ1n) is 7.17. The Labute approximate surface area is 126 Å². The van der Waals surface area contributed by atoms with Gasteiger partial charge in [-0.15, -0.1) is 0 Å². The number of methoxy groups -OCH3 is 1. The van der Waals surface area contributed by atoms with Gasteiger partial charge < -0.3 is 14.6 Å². The van der Waals surface area contributed by atoms with Gasteiger partial charge >= 0.3 is 0 Å². The molecule has 3 nitrogen and oxygen atoms in total. The zero-order valence-corrected chi connectivity index (χ0v) is 13.5. The van der Waals surface area contributed by atoms with Gasteiger partial charge in [0.25, 0.3) is 0 Å². The second-order valence-electron chi connectivity index (χ2n) is 4.88. The number of hydrogen-bond acceptors (Lipinski definition) is 3. The second-order valence-corrected chi connectivity index (χ2v) is 5.32. The molecule has 1 unspecified atom stereocenters. The van der Waals surface area contributed by atoms with E-state index in [0.29, 0.717) is 18.1 Å². The maximum atomic E-state index is 10.6. The summed E-state index contributed by atoms with van der Waals surface area (Å²) in [7, 11) is 1.62. The Morgan fingerprint density at radius 1 is 1.25 bits per heavy atom. The smallest absolute Gasteiger partial charge is 0.122 e. The lowest BCUT2D eigenvalue weighted by atomic mass is 9.86. The fraction of sp³-hybridized carbons (Fsp3) is 0.625. The van der Waals surface area contributed by atoms with Crippen molar-refractivity contribution in [2.75, 3.05) is 13.7 Å². The monoisotopic (exact) mass is 300 g/mol. The average molecular weight is 301 g/mol. The highest BCUT2D eigenvalue weighted by Gasteiger charge is 2.35. The van der Waals surface area contributed by atoms with Gasteiger partial charge in [-0.2, -0.15) is 0 Å². The van der Waals surface area contributed by atoms with Crippen LogP contribution < -0.4 is 4.74 Å². The van der Waals surface area contributed by atoms with Crippen molar-refractivity contribution in [2.24, 2.45) is 0 Å². The molecule has 1 aromatic rings. The predicted octanol–water partition coefficient (Wildman–Crippen LogP) is 3.85. The summed E-state index contributed by atoms with van der Waals surface area (Å²) in [6, 6.07) is 5.45. The fourth-order valence-corrected chi connectivity index (χ4v) is 2.80. The number of benzene rings is 1. The van der Waals surface area contributed by atoms with Gasteiger partial charge in [0.1, 0.15) is 5.75 Å². The molecule has 0 amide bonds. The molecule has 0 radical (unpaired) electrons. The lowest BCUT2D eigenvalue weighted by Crippen LogP contribution is -2.45. The number of aliphatic hydroxyl groups excluding tert-OH is 1. The van der Waals surface area contributed by atoms with E-state index in [-0.39, 0.29) is 0 Å². The topological polar surface area (TPSA) is 38.7 Å². The molecule has 0 heterocycles. The molecule has 1 N–H and O–H groups in total. The first-order chi connectivity index (χ1) is 9.52. The molecule has 0 saturated heterocycles. The first kappa shape index (κ1) is 17.3. The van der Waals surface area contributed by atoms with Crippen LogP contribution in [0.3, 0.4) is 0 Å². The maximum absolute atomic E-state index is 10.6. The van der Waals surface area contributed by atoms with E-state index in [4.69, 9.17) is 21.1 Å². The maximum Gasteiger partial charge on any atom is 0.122 e. The molecule has 0 aliphatic heterocycles. The van der Waals surface area contributed by atoms with E-state index in [9.17, 15) is 5.11 Å². The molecule has 0 aliphatic rings. The number of rotatable bonds is 8. The van der Waals surface area contributed by atoms with Crippen LogP contribution in [0, 0.1) is 0 Å². The minimum absolute atomic E-state index is 0.464. The normalized spacial score (nSPS) is 13.3. The van der Waals surface area contributed by atoms with Gasteiger partial charge in [-0.1, -0.05) is 25.4 Å². The quantitative estimate of drug-likeness (QED) is 0.792. The third-order valence-electron chi connectivity index (χ3n) is 3.89. The highest BCUT2D eigenvalue weighted by atomic mass is 35.5. The van der Waals surface area contributed by atoms with Crippen LogP contribution in [0.5, 0.6) is 5.75 Å². The van der Waals surface area contributed by atoms with Crippen LogP contribution in [-0.4, -0.2) is 30.5 Å². The third-order valence-corrected chi connectivity index (χ3v) is 4.13. The standard InChI is InChI=1S/C16H25ClO3/c1-5-16(6-2,20-7-3)15(18)11-12-10-13(17)8-9-14(12)19-4/h8-10,15,18H,5-7,11H2,1-4H3. The molecule has 0 bridgehead atoms. The molecular weight excluding hydrogens is 276 g/mol. The summed E-state index contributed by atoms with van der Waals surface area (Å²) < 4.78 is 11.2. The molecule has 0 saturated carbocycles. The van der Waals surface area contributed by atoms with E-state index < -0.39 is 11.7 Å². The first-order valence-corrected chi connectivity index (χ1v) is 7.55. The summed E-state index contributed by atoms with van der Waals surface area (Å²) in [5.74, 6) is 0.742. The Morgan fingerprint density at radius 2 is 1.90 bits per heavy atom. The van der Waals surface area contributed by atoms with Crippen molar-refractivity contribution >= 4 is 11.6 Å². The van der Waals surface area contributed by atoms with Gasteiger partial charge in [0, 0.05) is 18.1 Å². The lowest BCUT2D eigenvalue weighted by Gasteiger charge is -2.36. The van der Waals surface area contributed by atoms with E-state index in [1.165, 1.54) is 0 Å². The van der Waals surface area contributed by atoms with E-state index in [2.05, 4.69) is 0 Å². The van der Waals surface area contributed by atoms with Crippen LogP contribution in [0.1, 0.15) is 39.2 Å². The molecule has 0 spiro atoms. The van der Waals surface area contributed by atoms with Gasteiger partial charge in [0.05, 0.1) is 18.8 Å². The van der Waals surface area contributed by atoms with Gasteiger partial charge in [-0.3, -0.25) is 0 Å². The van der Waals surface area contributed by atoms with E-state index >= 15 is 0 Å². The van der Waals surface area contributed by atoms with Crippen molar-refractivity contribution in [2.45, 2.75) is 51.7 Å². The lowest BCUT2D eigenvalue weighted by molar-refractivity contribution is -0.124. The van der Waals surface area contributed by atoms with Gasteiger partial charge in [-0.25, -0.2) is 0 Å². The van der Waals surface area contributed by atoms with Crippen molar-refractivity contribution in [3.8, 4) is 5.75 Å². The van der Waals surface area contributed by atoms with Crippen molar-refractivity contribution in [1.29, 1.82) is 0 Å². The summed E-state index contributed by atoms with van der Waals surface area (Å²) in [6.07, 6.45) is 1.40. The second kappa shape index (κ2) is 7.87. The van der Waals surface area contributed by atoms with Crippen molar-refractivity contribution in [3.63, 3.8) is 0 Å². The largest absolute Gasteiger partial charge is 0.496 e. The van der Waals surface area contributed by atoms with Crippen molar-refractivity contribution < 1.29 is 14.6 Å². The average Bonchev–Trinajstić information content (AvgIpc) is 2.45. The van der Waals surface area contributed by atoms with Gasteiger partial charge in [0.15, 0.2) is 0 Å². The molecule has 0 aromatic heterocycles. The van der Waals surface area contributed by atoms with E-state index in [0.717, 1.165) is 24.2 Å². The van der Waals surface area contributed by atoms with Crippen LogP contribution in [0.2, 0.25) is 5.02 Å². The molecule has 4 heteroatoms. The SMILES string of the molecule is CCOC(CC)(CC)C(O)Cc1cc(Cl)ccc1OC. The fourth-order valence-electron chi connectivity index (χ4n) is 2.61. The zero-order chi connectivity index (χ0) is 15.2. The number of aliphatic hydroxyl groups is 1. The predicted molar refractivity (Wildman–Crippen MR) is 82.7 cm³/mol. The number of halogens is 1. The molecule has 20 heavy (non-hydrogen) atoms. The summed E-state index contributed by atoms with van der Waals surface area (Å²) >= 11 is 6.03. The Kier molecular flexibility index (Phi) is 6.80. The molecule has 1 atom stereocenters. The Morgan fingerprint density at radius 3 is 2.40 bits per heavy atom. The Hall–Kier alpha value is -0.770. The molecule has 0 fully saturated rings. The molecule has 0 aliphatic carbocycles. The van der Waals surface area contributed by atoms with Gasteiger partial charge in [0.2, 0.25) is 0 Å². The summed E-state index contributed by atoms with van der Waals surface area (Å²) in [5, 5.41) is 11.3. The molecule has 1 aromatic carbocycles. The van der Waals surface area contributed by atoms with Crippen molar-refractivity contribution in [1.82, 2.24) is 0 Å². The summed E-state index contributed by atoms with van der Waals surface area (Å²) in [4.78, 5) is 0. The summed E-state index contributed by atoms with van der Waals surface area (Å²) in [5.41, 5.74) is 0.390. The molecule has 1 rings (SSSR count). The van der Waals surface area contributed by atoms with Crippen LogP contribution in [0.15, 0.2) is 18.2 Å². The third kappa shape index (κ3) is 3.87. The van der Waals surface area contributed by atoms with Crippen LogP contribution in [0.25, 0.3) is 0 Å². The van der Waals surface area contributed by atoms with E-state index in [1.54, 1.807) is 13.2 Å². The zero-order valence-electron chi connectivity index (χ0n) is 12.8. The number of hydrogen-bond donors (Lipinski definition) is 1. The minimum atomic E-state index is -0.593. The van der Waals surface area contributed by atoms with Crippen LogP contribution in [0.4, 0.5) is 0 Å². The highest BCUT2D eigenvalue weighted by molar-refractivity contribution is 6.30. The number of ether oxygens (including phenoxy) is 2. The molecule has 114 valence electrons. The minimum Gasteiger partial charge on any atom is -0.496 e. The Balaban J connectivity index is 2.98. The van der Waals surface area contributed by atoms with Gasteiger partial charge in [-0.05, 0) is 43.5 Å². The highest BCUT2D eigenvalue weighted by Crippen LogP contribution is 2.31. The van der Waals surface area contributed by atoms with E-state index in [1.807, 2.05) is 32.9 Å². The van der Waals surface area contributed by atoms with Crippen LogP contribution in [-0.2, 0) is 11.2 Å².